The fourth-order valence-corrected chi connectivity index (χ4v) is 3.17. The molecule has 1 atom stereocenters. The summed E-state index contributed by atoms with van der Waals surface area (Å²) in [6.45, 7) is 1.76. The standard InChI is InChI=1S/C13H19N3O3S/c1-19-13(18)12-10(4-6-20-12)15-11(17)8-16-5-2-3-9(16)7-14/h4,6,9H,2-3,5,7-8,14H2,1H3,(H,15,17). The summed E-state index contributed by atoms with van der Waals surface area (Å²) >= 11 is 1.25. The van der Waals surface area contributed by atoms with Crippen molar-refractivity contribution < 1.29 is 14.3 Å². The summed E-state index contributed by atoms with van der Waals surface area (Å²) in [5.41, 5.74) is 6.19. The number of esters is 1. The van der Waals surface area contributed by atoms with Crippen LogP contribution >= 0.6 is 11.3 Å². The van der Waals surface area contributed by atoms with E-state index >= 15 is 0 Å². The Kier molecular flexibility index (Phi) is 5.11. The molecule has 1 aromatic rings. The van der Waals surface area contributed by atoms with E-state index in [-0.39, 0.29) is 11.9 Å². The molecule has 0 spiro atoms. The molecule has 20 heavy (non-hydrogen) atoms. The molecule has 0 aliphatic carbocycles. The highest BCUT2D eigenvalue weighted by Crippen LogP contribution is 2.23. The van der Waals surface area contributed by atoms with Gasteiger partial charge in [0.2, 0.25) is 5.91 Å². The first kappa shape index (κ1) is 15.0. The fraction of sp³-hybridized carbons (Fsp3) is 0.538. The highest BCUT2D eigenvalue weighted by atomic mass is 32.1. The second-order valence-electron chi connectivity index (χ2n) is 4.71. The van der Waals surface area contributed by atoms with Gasteiger partial charge in [0.05, 0.1) is 19.3 Å². The summed E-state index contributed by atoms with van der Waals surface area (Å²) in [5, 5.41) is 4.52. The number of carbonyl (C=O) groups excluding carboxylic acids is 2. The molecular weight excluding hydrogens is 278 g/mol. The molecule has 1 fully saturated rings. The highest BCUT2D eigenvalue weighted by molar-refractivity contribution is 7.12. The second-order valence-corrected chi connectivity index (χ2v) is 5.62. The number of nitrogens with two attached hydrogens (primary N) is 1. The molecule has 1 saturated heterocycles. The Morgan fingerprint density at radius 1 is 1.60 bits per heavy atom. The van der Waals surface area contributed by atoms with Gasteiger partial charge in [-0.2, -0.15) is 0 Å². The minimum Gasteiger partial charge on any atom is -0.465 e. The lowest BCUT2D eigenvalue weighted by atomic mass is 10.2. The van der Waals surface area contributed by atoms with Crippen molar-refractivity contribution in [3.05, 3.63) is 16.3 Å². The molecule has 1 aliphatic heterocycles. The molecule has 1 unspecified atom stereocenters. The molecule has 1 aliphatic rings. The summed E-state index contributed by atoms with van der Waals surface area (Å²) < 4.78 is 4.68. The first-order valence-electron chi connectivity index (χ1n) is 6.55. The SMILES string of the molecule is COC(=O)c1sccc1NC(=O)CN1CCCC1CN. The van der Waals surface area contributed by atoms with Gasteiger partial charge in [0, 0.05) is 12.6 Å². The van der Waals surface area contributed by atoms with Crippen molar-refractivity contribution in [2.45, 2.75) is 18.9 Å². The van der Waals surface area contributed by atoms with Crippen molar-refractivity contribution in [1.82, 2.24) is 4.90 Å². The van der Waals surface area contributed by atoms with Crippen LogP contribution in [0, 0.1) is 0 Å². The van der Waals surface area contributed by atoms with Gasteiger partial charge in [0.15, 0.2) is 0 Å². The van der Waals surface area contributed by atoms with Gasteiger partial charge in [0.25, 0.3) is 0 Å². The smallest absolute Gasteiger partial charge is 0.350 e. The molecule has 0 saturated carbocycles. The average Bonchev–Trinajstić information content (AvgIpc) is 3.06. The van der Waals surface area contributed by atoms with E-state index < -0.39 is 5.97 Å². The zero-order chi connectivity index (χ0) is 14.5. The van der Waals surface area contributed by atoms with E-state index in [9.17, 15) is 9.59 Å². The van der Waals surface area contributed by atoms with Crippen LogP contribution in [0.5, 0.6) is 0 Å². The van der Waals surface area contributed by atoms with Crippen LogP contribution in [0.1, 0.15) is 22.5 Å². The number of amides is 1. The highest BCUT2D eigenvalue weighted by Gasteiger charge is 2.25. The van der Waals surface area contributed by atoms with Crippen molar-refractivity contribution in [3.8, 4) is 0 Å². The summed E-state index contributed by atoms with van der Waals surface area (Å²) in [6, 6.07) is 1.99. The van der Waals surface area contributed by atoms with Crippen LogP contribution in [-0.4, -0.2) is 49.6 Å². The normalized spacial score (nSPS) is 19.0. The fourth-order valence-electron chi connectivity index (χ4n) is 2.40. The van der Waals surface area contributed by atoms with Gasteiger partial charge in [-0.15, -0.1) is 11.3 Å². The third-order valence-corrected chi connectivity index (χ3v) is 4.32. The van der Waals surface area contributed by atoms with Crippen LogP contribution in [0.4, 0.5) is 5.69 Å². The Bertz CT molecular complexity index is 489. The van der Waals surface area contributed by atoms with Crippen LogP contribution in [0.2, 0.25) is 0 Å². The summed E-state index contributed by atoms with van der Waals surface area (Å²) in [5.74, 6) is -0.565. The molecule has 3 N–H and O–H groups in total. The molecule has 1 amide bonds. The van der Waals surface area contributed by atoms with Crippen molar-refractivity contribution >= 4 is 28.9 Å². The monoisotopic (exact) mass is 297 g/mol. The molecule has 0 bridgehead atoms. The minimum atomic E-state index is -0.434. The number of hydrogen-bond donors (Lipinski definition) is 2. The molecule has 6 nitrogen and oxygen atoms in total. The number of nitrogens with zero attached hydrogens (tertiary/aromatic N) is 1. The van der Waals surface area contributed by atoms with E-state index in [1.54, 1.807) is 11.4 Å². The molecular formula is C13H19N3O3S. The maximum absolute atomic E-state index is 12.0. The van der Waals surface area contributed by atoms with Gasteiger partial charge in [0.1, 0.15) is 4.88 Å². The first-order chi connectivity index (χ1) is 9.65. The van der Waals surface area contributed by atoms with Gasteiger partial charge >= 0.3 is 5.97 Å². The van der Waals surface area contributed by atoms with E-state index in [0.29, 0.717) is 23.7 Å². The minimum absolute atomic E-state index is 0.131. The van der Waals surface area contributed by atoms with Crippen molar-refractivity contribution in [3.63, 3.8) is 0 Å². The van der Waals surface area contributed by atoms with E-state index in [4.69, 9.17) is 5.73 Å². The van der Waals surface area contributed by atoms with Gasteiger partial charge in [-0.3, -0.25) is 9.69 Å². The molecule has 0 radical (unpaired) electrons. The number of ether oxygens (including phenoxy) is 1. The van der Waals surface area contributed by atoms with Crippen molar-refractivity contribution in [1.29, 1.82) is 0 Å². The van der Waals surface area contributed by atoms with E-state index in [1.807, 2.05) is 0 Å². The largest absolute Gasteiger partial charge is 0.465 e. The van der Waals surface area contributed by atoms with E-state index in [2.05, 4.69) is 15.0 Å². The predicted octanol–water partition coefficient (Wildman–Crippen LogP) is 0.896. The molecule has 7 heteroatoms. The Morgan fingerprint density at radius 3 is 3.10 bits per heavy atom. The Labute approximate surface area is 121 Å². The molecule has 110 valence electrons. The van der Waals surface area contributed by atoms with Crippen LogP contribution in [-0.2, 0) is 9.53 Å². The summed E-state index contributed by atoms with van der Waals surface area (Å²) in [7, 11) is 1.32. The first-order valence-corrected chi connectivity index (χ1v) is 7.43. The lowest BCUT2D eigenvalue weighted by Gasteiger charge is -2.22. The van der Waals surface area contributed by atoms with Gasteiger partial charge in [-0.05, 0) is 30.8 Å². The number of methoxy groups -OCH3 is 1. The quantitative estimate of drug-likeness (QED) is 0.789. The van der Waals surface area contributed by atoms with Gasteiger partial charge in [-0.1, -0.05) is 0 Å². The second kappa shape index (κ2) is 6.83. The zero-order valence-electron chi connectivity index (χ0n) is 11.4. The third-order valence-electron chi connectivity index (χ3n) is 3.43. The Balaban J connectivity index is 1.95. The number of anilines is 1. The third kappa shape index (κ3) is 3.36. The lowest BCUT2D eigenvalue weighted by Crippen LogP contribution is -2.40. The maximum Gasteiger partial charge on any atom is 0.350 e. The Morgan fingerprint density at radius 2 is 2.40 bits per heavy atom. The van der Waals surface area contributed by atoms with E-state index in [0.717, 1.165) is 19.4 Å². The van der Waals surface area contributed by atoms with Gasteiger partial charge in [-0.25, -0.2) is 4.79 Å². The molecule has 1 aromatic heterocycles. The number of rotatable bonds is 5. The lowest BCUT2D eigenvalue weighted by molar-refractivity contribution is -0.117. The zero-order valence-corrected chi connectivity index (χ0v) is 12.2. The number of likely N-dealkylation sites (tertiary alicyclic amines) is 1. The number of thiophene rings is 1. The molecule has 2 heterocycles. The van der Waals surface area contributed by atoms with Gasteiger partial charge < -0.3 is 15.8 Å². The Hall–Kier alpha value is -1.44. The van der Waals surface area contributed by atoms with Crippen LogP contribution in [0.15, 0.2) is 11.4 Å². The number of hydrogen-bond acceptors (Lipinski definition) is 6. The van der Waals surface area contributed by atoms with Crippen molar-refractivity contribution in [2.75, 3.05) is 32.1 Å². The maximum atomic E-state index is 12.0. The topological polar surface area (TPSA) is 84.7 Å². The predicted molar refractivity (Wildman–Crippen MR) is 77.9 cm³/mol. The summed E-state index contributed by atoms with van der Waals surface area (Å²) in [6.07, 6.45) is 2.11. The molecule has 2 rings (SSSR count). The number of nitrogens with one attached hydrogen (secondary N) is 1. The van der Waals surface area contributed by atoms with Crippen LogP contribution in [0.3, 0.4) is 0 Å². The van der Waals surface area contributed by atoms with Crippen LogP contribution < -0.4 is 11.1 Å². The summed E-state index contributed by atoms with van der Waals surface area (Å²) in [4.78, 5) is 26.1. The number of carbonyl (C=O) groups is 2. The van der Waals surface area contributed by atoms with E-state index in [1.165, 1.54) is 18.4 Å². The van der Waals surface area contributed by atoms with Crippen LogP contribution in [0.25, 0.3) is 0 Å². The average molecular weight is 297 g/mol. The molecule has 0 aromatic carbocycles. The van der Waals surface area contributed by atoms with Crippen molar-refractivity contribution in [2.24, 2.45) is 5.73 Å².